The average molecular weight is 467 g/mol. The van der Waals surface area contributed by atoms with Crippen molar-refractivity contribution in [1.82, 2.24) is 0 Å². The maximum Gasteiger partial charge on any atom is 2.00 e. The van der Waals surface area contributed by atoms with Gasteiger partial charge in [0.05, 0.1) is 0 Å². The van der Waals surface area contributed by atoms with Crippen molar-refractivity contribution < 1.29 is 29.4 Å². The molecule has 19 heavy (non-hydrogen) atoms. The van der Waals surface area contributed by atoms with E-state index in [0.29, 0.717) is 25.7 Å². The molecule has 7 heteroatoms. The van der Waals surface area contributed by atoms with Gasteiger partial charge >= 0.3 is 26.2 Å². The number of hydrogen-bond donors (Lipinski definition) is 0. The summed E-state index contributed by atoms with van der Waals surface area (Å²) in [5, 5.41) is 19.5. The monoisotopic (exact) mass is 467 g/mol. The van der Waals surface area contributed by atoms with Gasteiger partial charge in [0.1, 0.15) is 11.6 Å². The predicted molar refractivity (Wildman–Crippen MR) is 64.8 cm³/mol. The van der Waals surface area contributed by atoms with E-state index in [1.807, 2.05) is 13.8 Å². The largest absolute Gasteiger partial charge is 2.00 e. The number of rotatable bonds is 8. The minimum absolute atomic E-state index is 0. The van der Waals surface area contributed by atoms with Gasteiger partial charge in [0.15, 0.2) is 0 Å². The molecular formula is C12H18BiO6. The molecule has 0 aromatic heterocycles. The number of carbonyl (C=O) groups is 4. The molecule has 0 rings (SSSR count). The number of ketones is 2. The van der Waals surface area contributed by atoms with Crippen LogP contribution in [0.4, 0.5) is 0 Å². The molecule has 0 saturated carbocycles. The van der Waals surface area contributed by atoms with Crippen molar-refractivity contribution in [3.05, 3.63) is 0 Å². The fourth-order valence-electron chi connectivity index (χ4n) is 1.06. The molecule has 0 aliphatic heterocycles. The van der Waals surface area contributed by atoms with Crippen LogP contribution in [-0.4, -0.2) is 49.7 Å². The summed E-state index contributed by atoms with van der Waals surface area (Å²) in [6.45, 7) is 3.65. The van der Waals surface area contributed by atoms with Crippen LogP contribution in [0.3, 0.4) is 0 Å². The Morgan fingerprint density at radius 1 is 0.737 bits per heavy atom. The van der Waals surface area contributed by atoms with E-state index >= 15 is 0 Å². The summed E-state index contributed by atoms with van der Waals surface area (Å²) in [6, 6.07) is 0. The molecule has 0 aromatic rings. The summed E-state index contributed by atoms with van der Waals surface area (Å²) >= 11 is 0. The Morgan fingerprint density at radius 2 is 1.00 bits per heavy atom. The van der Waals surface area contributed by atoms with Gasteiger partial charge < -0.3 is 19.8 Å². The molecule has 0 unspecified atom stereocenters. The minimum Gasteiger partial charge on any atom is -0.550 e. The summed E-state index contributed by atoms with van der Waals surface area (Å²) in [5.74, 6) is -3.07. The first kappa shape index (κ1) is 23.3. The zero-order valence-corrected chi connectivity index (χ0v) is 14.6. The Kier molecular flexibility index (Phi) is 18.6. The predicted octanol–water partition coefficient (Wildman–Crippen LogP) is -1.39. The van der Waals surface area contributed by atoms with E-state index in [1.54, 1.807) is 0 Å². The summed E-state index contributed by atoms with van der Waals surface area (Å²) in [5.41, 5.74) is 0. The van der Waals surface area contributed by atoms with Gasteiger partial charge in [0, 0.05) is 37.6 Å². The molecule has 0 fully saturated rings. The molecule has 6 nitrogen and oxygen atoms in total. The number of hydrogen-bond acceptors (Lipinski definition) is 6. The van der Waals surface area contributed by atoms with Crippen molar-refractivity contribution in [1.29, 1.82) is 0 Å². The van der Waals surface area contributed by atoms with Gasteiger partial charge in [-0.1, -0.05) is 13.8 Å². The number of carboxylic acid groups (broad SMARTS) is 2. The third-order valence-corrected chi connectivity index (χ3v) is 1.74. The quantitative estimate of drug-likeness (QED) is 0.321. The molecule has 0 N–H and O–H groups in total. The van der Waals surface area contributed by atoms with Crippen LogP contribution in [0.15, 0.2) is 0 Å². The third kappa shape index (κ3) is 22.8. The van der Waals surface area contributed by atoms with Crippen LogP contribution in [0.25, 0.3) is 0 Å². The molecular weight excluding hydrogens is 449 g/mol. The van der Waals surface area contributed by atoms with E-state index in [0.717, 1.165) is 0 Å². The van der Waals surface area contributed by atoms with Crippen LogP contribution in [0, 0.1) is 0 Å². The Labute approximate surface area is 131 Å². The molecule has 0 heterocycles. The van der Waals surface area contributed by atoms with Gasteiger partial charge in [-0.25, -0.2) is 0 Å². The van der Waals surface area contributed by atoms with Gasteiger partial charge in [-0.15, -0.1) is 0 Å². The van der Waals surface area contributed by atoms with E-state index in [1.165, 1.54) is 0 Å². The molecule has 0 bridgehead atoms. The topological polar surface area (TPSA) is 114 Å². The van der Waals surface area contributed by atoms with Crippen molar-refractivity contribution >= 4 is 49.7 Å². The standard InChI is InChI=1S/2C6H10O3.Bi/c2*1-2-3-5(7)4-6(8)9;/h2*2-4H2,1H3,(H,8,9);/q;;+2/p-2. The fourth-order valence-corrected chi connectivity index (χ4v) is 1.06. The number of aliphatic carboxylic acids is 2. The summed E-state index contributed by atoms with van der Waals surface area (Å²) in [7, 11) is 0. The second-order valence-corrected chi connectivity index (χ2v) is 3.67. The molecule has 107 valence electrons. The zero-order valence-electron chi connectivity index (χ0n) is 11.1. The molecule has 0 spiro atoms. The third-order valence-electron chi connectivity index (χ3n) is 1.74. The van der Waals surface area contributed by atoms with Crippen molar-refractivity contribution in [3.8, 4) is 0 Å². The maximum absolute atomic E-state index is 10.4. The summed E-state index contributed by atoms with van der Waals surface area (Å²) in [6.07, 6.45) is 1.21. The van der Waals surface area contributed by atoms with Gasteiger partial charge in [-0.3, -0.25) is 9.59 Å². The van der Waals surface area contributed by atoms with E-state index in [4.69, 9.17) is 0 Å². The van der Waals surface area contributed by atoms with Crippen LogP contribution in [-0.2, 0) is 19.2 Å². The number of carbonyl (C=O) groups excluding carboxylic acids is 4. The van der Waals surface area contributed by atoms with Gasteiger partial charge in [-0.2, -0.15) is 0 Å². The molecule has 0 atom stereocenters. The zero-order chi connectivity index (χ0) is 14.6. The van der Waals surface area contributed by atoms with Crippen LogP contribution in [0.1, 0.15) is 52.4 Å². The molecule has 0 aromatic carbocycles. The van der Waals surface area contributed by atoms with Crippen molar-refractivity contribution in [2.75, 3.05) is 0 Å². The molecule has 0 saturated heterocycles. The first-order valence-corrected chi connectivity index (χ1v) is 5.76. The Balaban J connectivity index is -0.000000256. The molecule has 0 aliphatic carbocycles. The van der Waals surface area contributed by atoms with Gasteiger partial charge in [-0.05, 0) is 12.8 Å². The normalized spacial score (nSPS) is 8.53. The van der Waals surface area contributed by atoms with Crippen LogP contribution in [0.2, 0.25) is 0 Å². The van der Waals surface area contributed by atoms with E-state index in [2.05, 4.69) is 0 Å². The smallest absolute Gasteiger partial charge is 0.550 e. The van der Waals surface area contributed by atoms with E-state index in [-0.39, 0.29) is 37.8 Å². The molecule has 0 aliphatic rings. The average Bonchev–Trinajstić information content (AvgIpc) is 2.16. The SMILES string of the molecule is CCCC(=O)CC(=O)[O-].CCCC(=O)CC(=O)[O-].[Bi+2]. The Hall–Kier alpha value is -0.837. The van der Waals surface area contributed by atoms with Crippen LogP contribution >= 0.6 is 0 Å². The van der Waals surface area contributed by atoms with Crippen molar-refractivity contribution in [2.45, 2.75) is 52.4 Å². The van der Waals surface area contributed by atoms with Gasteiger partial charge in [0.25, 0.3) is 0 Å². The van der Waals surface area contributed by atoms with Crippen molar-refractivity contribution in [2.24, 2.45) is 0 Å². The molecule has 0 amide bonds. The Morgan fingerprint density at radius 3 is 1.16 bits per heavy atom. The molecule has 3 radical (unpaired) electrons. The first-order chi connectivity index (χ1) is 8.33. The first-order valence-electron chi connectivity index (χ1n) is 5.76. The number of Topliss-reactive ketones (excluding diaryl/α,β-unsaturated/α-hetero) is 2. The second-order valence-electron chi connectivity index (χ2n) is 3.67. The van der Waals surface area contributed by atoms with Crippen molar-refractivity contribution in [3.63, 3.8) is 0 Å². The van der Waals surface area contributed by atoms with Gasteiger partial charge in [0.2, 0.25) is 0 Å². The maximum atomic E-state index is 10.4. The summed E-state index contributed by atoms with van der Waals surface area (Å²) in [4.78, 5) is 40.4. The number of carboxylic acids is 2. The minimum atomic E-state index is -1.28. The van der Waals surface area contributed by atoms with E-state index in [9.17, 15) is 29.4 Å². The second kappa shape index (κ2) is 15.2. The van der Waals surface area contributed by atoms with E-state index < -0.39 is 24.8 Å². The summed E-state index contributed by atoms with van der Waals surface area (Å²) < 4.78 is 0. The Bertz CT molecular complexity index is 271. The van der Waals surface area contributed by atoms with Crippen LogP contribution < -0.4 is 10.2 Å². The van der Waals surface area contributed by atoms with Crippen LogP contribution in [0.5, 0.6) is 0 Å². The fraction of sp³-hybridized carbons (Fsp3) is 0.667.